The van der Waals surface area contributed by atoms with Crippen LogP contribution in [0.15, 0.2) is 70.5 Å². The lowest BCUT2D eigenvalue weighted by molar-refractivity contribution is -0.150. The zero-order valence-corrected chi connectivity index (χ0v) is 18.4. The van der Waals surface area contributed by atoms with Gasteiger partial charge in [-0.2, -0.15) is 0 Å². The fourth-order valence-electron chi connectivity index (χ4n) is 4.13. The first-order valence-electron chi connectivity index (χ1n) is 9.84. The van der Waals surface area contributed by atoms with Crippen molar-refractivity contribution in [2.45, 2.75) is 58.6 Å². The summed E-state index contributed by atoms with van der Waals surface area (Å²) < 4.78 is 17.8. The van der Waals surface area contributed by atoms with Crippen LogP contribution in [0.1, 0.15) is 20.3 Å². The van der Waals surface area contributed by atoms with Crippen LogP contribution in [0, 0.1) is 5.92 Å². The van der Waals surface area contributed by atoms with Crippen molar-refractivity contribution in [3.8, 4) is 0 Å². The molecule has 1 saturated heterocycles. The molecule has 0 bridgehead atoms. The first kappa shape index (κ1) is 20.8. The first-order chi connectivity index (χ1) is 14.0. The molecule has 154 valence electrons. The summed E-state index contributed by atoms with van der Waals surface area (Å²) >= 11 is 3.42. The molecule has 0 spiro atoms. The summed E-state index contributed by atoms with van der Waals surface area (Å²) in [6.07, 6.45) is 0.541. The van der Waals surface area contributed by atoms with E-state index in [1.165, 1.54) is 7.11 Å². The Hall–Kier alpha value is -1.47. The molecule has 2 aliphatic rings. The maximum absolute atomic E-state index is 13.0. The summed E-state index contributed by atoms with van der Waals surface area (Å²) in [7, 11) is 1.47. The van der Waals surface area contributed by atoms with Gasteiger partial charge in [0.2, 0.25) is 0 Å². The maximum Gasteiger partial charge on any atom is 0.311 e. The number of carbonyl (C=O) groups is 1. The number of carbonyl (C=O) groups excluding carboxylic acids is 1. The molecule has 2 aromatic carbocycles. The van der Waals surface area contributed by atoms with Gasteiger partial charge in [-0.25, -0.2) is 0 Å². The molecular formula is C23H26O4S2. The van der Waals surface area contributed by atoms with E-state index in [0.29, 0.717) is 0 Å². The first-order valence-corrected chi connectivity index (χ1v) is 11.6. The Morgan fingerprint density at radius 2 is 1.55 bits per heavy atom. The molecule has 5 atom stereocenters. The highest BCUT2D eigenvalue weighted by atomic mass is 32.2. The third kappa shape index (κ3) is 4.66. The van der Waals surface area contributed by atoms with E-state index in [2.05, 4.69) is 24.3 Å². The van der Waals surface area contributed by atoms with Gasteiger partial charge in [-0.05, 0) is 44.5 Å². The molecule has 1 saturated carbocycles. The van der Waals surface area contributed by atoms with Crippen LogP contribution < -0.4 is 0 Å². The number of hydrogen-bond acceptors (Lipinski definition) is 6. The Kier molecular flexibility index (Phi) is 6.25. The molecule has 0 N–H and O–H groups in total. The van der Waals surface area contributed by atoms with Gasteiger partial charge in [0, 0.05) is 15.0 Å². The third-order valence-corrected chi connectivity index (χ3v) is 7.99. The van der Waals surface area contributed by atoms with Crippen molar-refractivity contribution in [3.63, 3.8) is 0 Å². The monoisotopic (exact) mass is 430 g/mol. The van der Waals surface area contributed by atoms with Gasteiger partial charge in [-0.3, -0.25) is 4.79 Å². The smallest absolute Gasteiger partial charge is 0.311 e. The second kappa shape index (κ2) is 8.72. The van der Waals surface area contributed by atoms with Gasteiger partial charge in [0.1, 0.15) is 6.10 Å². The number of methoxy groups -OCH3 is 1. The Morgan fingerprint density at radius 1 is 0.966 bits per heavy atom. The molecule has 1 aliphatic heterocycles. The topological polar surface area (TPSA) is 44.8 Å². The van der Waals surface area contributed by atoms with Crippen molar-refractivity contribution >= 4 is 29.5 Å². The Morgan fingerprint density at radius 3 is 2.14 bits per heavy atom. The molecule has 0 radical (unpaired) electrons. The summed E-state index contributed by atoms with van der Waals surface area (Å²) in [5.41, 5.74) is 0. The molecule has 29 heavy (non-hydrogen) atoms. The number of hydrogen-bond donors (Lipinski definition) is 0. The number of esters is 1. The predicted molar refractivity (Wildman–Crippen MR) is 116 cm³/mol. The standard InChI is InChI=1S/C23H26O4S2/c1-23(2)26-17-14-18(28-15-10-6-4-7-11-15)19(22(24)25-3)21(20(17)27-23)29-16-12-8-5-9-13-16/h4-13,17-21H,14H2,1-3H3/t17-,18-,19-,20-,21-/m0/s1. The highest BCUT2D eigenvalue weighted by Gasteiger charge is 2.56. The number of fused-ring (bicyclic) bond motifs is 1. The second-order valence-corrected chi connectivity index (χ2v) is 10.4. The molecule has 1 heterocycles. The molecule has 2 aromatic rings. The van der Waals surface area contributed by atoms with E-state index in [9.17, 15) is 4.79 Å². The average molecular weight is 431 g/mol. The summed E-state index contributed by atoms with van der Waals surface area (Å²) in [5.74, 6) is -1.13. The van der Waals surface area contributed by atoms with E-state index in [-0.39, 0.29) is 34.6 Å². The lowest BCUT2D eigenvalue weighted by Crippen LogP contribution is -2.52. The fraction of sp³-hybridized carbons (Fsp3) is 0.435. The van der Waals surface area contributed by atoms with E-state index in [4.69, 9.17) is 14.2 Å². The fourth-order valence-corrected chi connectivity index (χ4v) is 7.05. The number of ether oxygens (including phenoxy) is 3. The van der Waals surface area contributed by atoms with Crippen LogP contribution in [0.3, 0.4) is 0 Å². The molecule has 4 rings (SSSR count). The minimum atomic E-state index is -0.655. The highest BCUT2D eigenvalue weighted by molar-refractivity contribution is 8.01. The van der Waals surface area contributed by atoms with Gasteiger partial charge < -0.3 is 14.2 Å². The zero-order chi connectivity index (χ0) is 20.4. The van der Waals surface area contributed by atoms with Gasteiger partial charge in [0.05, 0.1) is 24.4 Å². The molecule has 2 fully saturated rings. The van der Waals surface area contributed by atoms with Crippen molar-refractivity contribution in [1.29, 1.82) is 0 Å². The van der Waals surface area contributed by atoms with Crippen LogP contribution in [-0.4, -0.2) is 41.6 Å². The summed E-state index contributed by atoms with van der Waals surface area (Å²) in [6.45, 7) is 3.89. The lowest BCUT2D eigenvalue weighted by Gasteiger charge is -2.41. The van der Waals surface area contributed by atoms with Gasteiger partial charge in [-0.1, -0.05) is 36.4 Å². The van der Waals surface area contributed by atoms with E-state index >= 15 is 0 Å². The van der Waals surface area contributed by atoms with Crippen LogP contribution in [-0.2, 0) is 19.0 Å². The Labute approximate surface area is 180 Å². The summed E-state index contributed by atoms with van der Waals surface area (Å²) in [6, 6.07) is 20.4. The quantitative estimate of drug-likeness (QED) is 0.621. The highest BCUT2D eigenvalue weighted by Crippen LogP contribution is 2.50. The van der Waals surface area contributed by atoms with E-state index in [1.807, 2.05) is 50.2 Å². The van der Waals surface area contributed by atoms with E-state index < -0.39 is 5.79 Å². The summed E-state index contributed by atoms with van der Waals surface area (Å²) in [5, 5.41) is -0.0450. The van der Waals surface area contributed by atoms with Crippen molar-refractivity contribution in [2.75, 3.05) is 7.11 Å². The van der Waals surface area contributed by atoms with Crippen LogP contribution in [0.2, 0.25) is 0 Å². The van der Waals surface area contributed by atoms with Gasteiger partial charge in [0.15, 0.2) is 5.79 Å². The van der Waals surface area contributed by atoms with Crippen molar-refractivity contribution < 1.29 is 19.0 Å². The van der Waals surface area contributed by atoms with E-state index in [0.717, 1.165) is 16.2 Å². The maximum atomic E-state index is 13.0. The molecule has 0 amide bonds. The normalized spacial score (nSPS) is 30.5. The largest absolute Gasteiger partial charge is 0.469 e. The molecule has 0 aromatic heterocycles. The molecule has 6 heteroatoms. The van der Waals surface area contributed by atoms with E-state index in [1.54, 1.807) is 23.5 Å². The number of benzene rings is 2. The van der Waals surface area contributed by atoms with Crippen molar-refractivity contribution in [3.05, 3.63) is 60.7 Å². The van der Waals surface area contributed by atoms with Crippen LogP contribution in [0.5, 0.6) is 0 Å². The zero-order valence-electron chi connectivity index (χ0n) is 16.8. The van der Waals surface area contributed by atoms with Crippen molar-refractivity contribution in [2.24, 2.45) is 5.92 Å². The Balaban J connectivity index is 1.69. The third-order valence-electron chi connectivity index (χ3n) is 5.28. The molecule has 4 nitrogen and oxygen atoms in total. The SMILES string of the molecule is COC(=O)[C@@H]1[C@H](Sc2ccccc2)[C@H]2OC(C)(C)O[C@H]2C[C@@H]1Sc1ccccc1. The van der Waals surface area contributed by atoms with Crippen molar-refractivity contribution in [1.82, 2.24) is 0 Å². The van der Waals surface area contributed by atoms with Gasteiger partial charge in [-0.15, -0.1) is 23.5 Å². The molecule has 0 unspecified atom stereocenters. The van der Waals surface area contributed by atoms with Gasteiger partial charge in [0.25, 0.3) is 0 Å². The van der Waals surface area contributed by atoms with Crippen LogP contribution >= 0.6 is 23.5 Å². The lowest BCUT2D eigenvalue weighted by atomic mass is 9.84. The molecular weight excluding hydrogens is 404 g/mol. The average Bonchev–Trinajstić information content (AvgIpc) is 3.03. The summed E-state index contributed by atoms with van der Waals surface area (Å²) in [4.78, 5) is 15.2. The van der Waals surface area contributed by atoms with Gasteiger partial charge >= 0.3 is 5.97 Å². The van der Waals surface area contributed by atoms with Crippen LogP contribution in [0.25, 0.3) is 0 Å². The van der Waals surface area contributed by atoms with Crippen LogP contribution in [0.4, 0.5) is 0 Å². The minimum Gasteiger partial charge on any atom is -0.469 e. The molecule has 1 aliphatic carbocycles. The minimum absolute atomic E-state index is 0.0461. The number of thioether (sulfide) groups is 2. The number of rotatable bonds is 5. The second-order valence-electron chi connectivity index (χ2n) is 7.79. The predicted octanol–water partition coefficient (Wildman–Crippen LogP) is 5.02. The Bertz CT molecular complexity index is 827.